The summed E-state index contributed by atoms with van der Waals surface area (Å²) in [5, 5.41) is 0. The molecule has 22 heavy (non-hydrogen) atoms. The van der Waals surface area contributed by atoms with Crippen LogP contribution in [0.5, 0.6) is 0 Å². The van der Waals surface area contributed by atoms with E-state index in [9.17, 15) is 0 Å². The third-order valence-corrected chi connectivity index (χ3v) is 5.12. The first-order valence-corrected chi connectivity index (χ1v) is 10.2. The molecule has 1 unspecified atom stereocenters. The third-order valence-electron chi connectivity index (χ3n) is 5.12. The Labute approximate surface area is 140 Å². The van der Waals surface area contributed by atoms with E-state index in [0.717, 1.165) is 32.2 Å². The molecule has 0 saturated carbocycles. The zero-order valence-electron chi connectivity index (χ0n) is 15.5. The van der Waals surface area contributed by atoms with E-state index in [4.69, 9.17) is 4.74 Å². The Morgan fingerprint density at radius 2 is 1.27 bits per heavy atom. The van der Waals surface area contributed by atoms with Crippen LogP contribution in [0.3, 0.4) is 0 Å². The average molecular weight is 312 g/mol. The van der Waals surface area contributed by atoms with E-state index >= 15 is 0 Å². The van der Waals surface area contributed by atoms with Gasteiger partial charge in [-0.25, -0.2) is 0 Å². The van der Waals surface area contributed by atoms with Gasteiger partial charge in [0.25, 0.3) is 0 Å². The fourth-order valence-corrected chi connectivity index (χ4v) is 3.58. The van der Waals surface area contributed by atoms with Crippen molar-refractivity contribution in [2.24, 2.45) is 5.92 Å². The summed E-state index contributed by atoms with van der Waals surface area (Å²) < 4.78 is 5.44. The van der Waals surface area contributed by atoms with E-state index < -0.39 is 0 Å². The molecule has 0 aromatic rings. The molecule has 2 heteroatoms. The van der Waals surface area contributed by atoms with Crippen LogP contribution in [0.15, 0.2) is 0 Å². The molecule has 1 heterocycles. The molecule has 1 atom stereocenters. The van der Waals surface area contributed by atoms with Gasteiger partial charge < -0.3 is 4.74 Å². The van der Waals surface area contributed by atoms with Gasteiger partial charge in [0.2, 0.25) is 0 Å². The number of hydrogen-bond donors (Lipinski definition) is 0. The summed E-state index contributed by atoms with van der Waals surface area (Å²) in [6.07, 6.45) is 17.2. The lowest BCUT2D eigenvalue weighted by Gasteiger charge is -2.27. The van der Waals surface area contributed by atoms with Crippen molar-refractivity contribution in [1.82, 2.24) is 4.90 Å². The van der Waals surface area contributed by atoms with Crippen molar-refractivity contribution >= 4 is 0 Å². The lowest BCUT2D eigenvalue weighted by molar-refractivity contribution is 0.0365. The minimum atomic E-state index is 0.942. The molecule has 0 aromatic heterocycles. The van der Waals surface area contributed by atoms with Crippen LogP contribution >= 0.6 is 0 Å². The lowest BCUT2D eigenvalue weighted by Crippen LogP contribution is -2.36. The van der Waals surface area contributed by atoms with Crippen molar-refractivity contribution in [3.63, 3.8) is 0 Å². The van der Waals surface area contributed by atoms with Gasteiger partial charge in [-0.15, -0.1) is 0 Å². The van der Waals surface area contributed by atoms with Gasteiger partial charge in [-0.3, -0.25) is 4.90 Å². The van der Waals surface area contributed by atoms with Crippen LogP contribution in [-0.4, -0.2) is 37.7 Å². The molecule has 1 aliphatic rings. The summed E-state index contributed by atoms with van der Waals surface area (Å²) in [5.74, 6) is 0.995. The van der Waals surface area contributed by atoms with Crippen molar-refractivity contribution in [3.05, 3.63) is 0 Å². The molecular formula is C20H41NO. The summed E-state index contributed by atoms with van der Waals surface area (Å²) >= 11 is 0. The first-order chi connectivity index (χ1) is 10.9. The Morgan fingerprint density at radius 1 is 0.727 bits per heavy atom. The van der Waals surface area contributed by atoms with Crippen LogP contribution < -0.4 is 0 Å². The third kappa shape index (κ3) is 10.6. The lowest BCUT2D eigenvalue weighted by atomic mass is 9.90. The quantitative estimate of drug-likeness (QED) is 0.384. The van der Waals surface area contributed by atoms with Crippen molar-refractivity contribution in [2.45, 2.75) is 90.9 Å². The molecule has 1 saturated heterocycles. The summed E-state index contributed by atoms with van der Waals surface area (Å²) in [6, 6.07) is 0. The average Bonchev–Trinajstić information content (AvgIpc) is 2.55. The molecule has 0 spiro atoms. The van der Waals surface area contributed by atoms with Gasteiger partial charge in [-0.05, 0) is 25.3 Å². The van der Waals surface area contributed by atoms with Crippen molar-refractivity contribution in [1.29, 1.82) is 0 Å². The molecule has 0 aromatic carbocycles. The number of ether oxygens (including phenoxy) is 1. The van der Waals surface area contributed by atoms with E-state index in [2.05, 4.69) is 18.7 Å². The van der Waals surface area contributed by atoms with Crippen molar-refractivity contribution in [2.75, 3.05) is 32.8 Å². The molecule has 1 fully saturated rings. The minimum Gasteiger partial charge on any atom is -0.379 e. The van der Waals surface area contributed by atoms with Crippen LogP contribution in [-0.2, 0) is 4.74 Å². The van der Waals surface area contributed by atoms with Gasteiger partial charge in [0.1, 0.15) is 0 Å². The predicted octanol–water partition coefficient (Wildman–Crippen LogP) is 5.66. The normalized spacial score (nSPS) is 17.7. The van der Waals surface area contributed by atoms with Gasteiger partial charge in [-0.2, -0.15) is 0 Å². The molecular weight excluding hydrogens is 270 g/mol. The molecule has 0 bridgehead atoms. The highest BCUT2D eigenvalue weighted by molar-refractivity contribution is 4.65. The van der Waals surface area contributed by atoms with E-state index in [1.54, 1.807) is 0 Å². The van der Waals surface area contributed by atoms with E-state index in [0.29, 0.717) is 0 Å². The molecule has 132 valence electrons. The van der Waals surface area contributed by atoms with E-state index in [1.165, 1.54) is 83.6 Å². The molecule has 0 aliphatic carbocycles. The number of nitrogens with zero attached hydrogens (tertiary/aromatic N) is 1. The van der Waals surface area contributed by atoms with E-state index in [1.807, 2.05) is 0 Å². The fraction of sp³-hybridized carbons (Fsp3) is 1.00. The Hall–Kier alpha value is -0.0800. The smallest absolute Gasteiger partial charge is 0.0594 e. The molecule has 0 N–H and O–H groups in total. The number of unbranched alkanes of at least 4 members (excludes halogenated alkanes) is 6. The minimum absolute atomic E-state index is 0.942. The molecule has 1 aliphatic heterocycles. The summed E-state index contributed by atoms with van der Waals surface area (Å²) in [7, 11) is 0. The maximum Gasteiger partial charge on any atom is 0.0594 e. The first-order valence-electron chi connectivity index (χ1n) is 10.2. The van der Waals surface area contributed by atoms with E-state index in [-0.39, 0.29) is 0 Å². The fourth-order valence-electron chi connectivity index (χ4n) is 3.58. The Balaban J connectivity index is 2.12. The molecule has 1 rings (SSSR count). The number of hydrogen-bond acceptors (Lipinski definition) is 2. The second-order valence-corrected chi connectivity index (χ2v) is 7.16. The maximum atomic E-state index is 5.44. The standard InChI is InChI=1S/C20H41NO/c1-3-5-7-8-10-13-20(12-9-6-4-2)14-11-15-21-16-18-22-19-17-21/h20H,3-19H2,1-2H3. The monoisotopic (exact) mass is 311 g/mol. The van der Waals surface area contributed by atoms with Crippen LogP contribution in [0.4, 0.5) is 0 Å². The second kappa shape index (κ2) is 14.5. The largest absolute Gasteiger partial charge is 0.379 e. The number of morpholine rings is 1. The van der Waals surface area contributed by atoms with Gasteiger partial charge >= 0.3 is 0 Å². The van der Waals surface area contributed by atoms with Crippen LogP contribution in [0.1, 0.15) is 90.9 Å². The van der Waals surface area contributed by atoms with Crippen molar-refractivity contribution in [3.8, 4) is 0 Å². The Morgan fingerprint density at radius 3 is 1.95 bits per heavy atom. The van der Waals surface area contributed by atoms with Crippen molar-refractivity contribution < 1.29 is 4.74 Å². The Bertz CT molecular complexity index is 226. The van der Waals surface area contributed by atoms with Crippen LogP contribution in [0.2, 0.25) is 0 Å². The molecule has 2 nitrogen and oxygen atoms in total. The van der Waals surface area contributed by atoms with Gasteiger partial charge in [0, 0.05) is 13.1 Å². The molecule has 0 radical (unpaired) electrons. The summed E-state index contributed by atoms with van der Waals surface area (Å²) in [4.78, 5) is 2.59. The topological polar surface area (TPSA) is 12.5 Å². The zero-order valence-corrected chi connectivity index (χ0v) is 15.5. The highest BCUT2D eigenvalue weighted by Crippen LogP contribution is 2.23. The number of rotatable bonds is 14. The highest BCUT2D eigenvalue weighted by Gasteiger charge is 2.12. The van der Waals surface area contributed by atoms with Gasteiger partial charge in [0.15, 0.2) is 0 Å². The predicted molar refractivity (Wildman–Crippen MR) is 97.5 cm³/mol. The second-order valence-electron chi connectivity index (χ2n) is 7.16. The van der Waals surface area contributed by atoms with Gasteiger partial charge in [0.05, 0.1) is 13.2 Å². The molecule has 0 amide bonds. The first kappa shape index (κ1) is 20.0. The summed E-state index contributed by atoms with van der Waals surface area (Å²) in [5.41, 5.74) is 0. The summed E-state index contributed by atoms with van der Waals surface area (Å²) in [6.45, 7) is 10.1. The Kier molecular flexibility index (Phi) is 13.2. The maximum absolute atomic E-state index is 5.44. The van der Waals surface area contributed by atoms with Gasteiger partial charge in [-0.1, -0.05) is 78.1 Å². The van der Waals surface area contributed by atoms with Crippen LogP contribution in [0, 0.1) is 5.92 Å². The highest BCUT2D eigenvalue weighted by atomic mass is 16.5. The SMILES string of the molecule is CCCCCCCC(CCCCC)CCCN1CCOCC1. The van der Waals surface area contributed by atoms with Crippen LogP contribution in [0.25, 0.3) is 0 Å². The zero-order chi connectivity index (χ0) is 15.9.